The Hall–Kier alpha value is -2.70. The monoisotopic (exact) mass is 413 g/mol. The van der Waals surface area contributed by atoms with Crippen LogP contribution in [0, 0.1) is 17.7 Å². The molecular formula is C22H17ClFNO4. The number of ether oxygens (including phenoxy) is 2. The first-order chi connectivity index (χ1) is 14.0. The molecule has 0 radical (unpaired) electrons. The highest BCUT2D eigenvalue weighted by Gasteiger charge is 2.67. The number of esters is 1. The van der Waals surface area contributed by atoms with Gasteiger partial charge in [0, 0.05) is 5.69 Å². The van der Waals surface area contributed by atoms with Crippen molar-refractivity contribution in [2.24, 2.45) is 11.8 Å². The molecule has 0 aliphatic carbocycles. The van der Waals surface area contributed by atoms with Crippen LogP contribution in [0.15, 0.2) is 60.7 Å². The van der Waals surface area contributed by atoms with Crippen LogP contribution in [0.5, 0.6) is 0 Å². The predicted molar refractivity (Wildman–Crippen MR) is 104 cm³/mol. The Kier molecular flexibility index (Phi) is 4.22. The molecule has 2 aromatic carbocycles. The molecule has 29 heavy (non-hydrogen) atoms. The van der Waals surface area contributed by atoms with Gasteiger partial charge in [-0.2, -0.15) is 0 Å². The molecular weight excluding hydrogens is 397 g/mol. The number of fused-ring (bicyclic) bond motifs is 1. The van der Waals surface area contributed by atoms with Crippen LogP contribution in [0.25, 0.3) is 0 Å². The van der Waals surface area contributed by atoms with Gasteiger partial charge in [0.05, 0.1) is 23.6 Å². The molecule has 0 saturated carbocycles. The van der Waals surface area contributed by atoms with Gasteiger partial charge in [-0.05, 0) is 23.8 Å². The van der Waals surface area contributed by atoms with Crippen LogP contribution < -0.4 is 4.90 Å². The lowest BCUT2D eigenvalue weighted by atomic mass is 9.77. The fraction of sp³-hybridized carbons (Fsp3) is 0.273. The van der Waals surface area contributed by atoms with E-state index in [9.17, 15) is 14.0 Å². The number of amides is 1. The van der Waals surface area contributed by atoms with Gasteiger partial charge in [0.25, 0.3) is 0 Å². The van der Waals surface area contributed by atoms with Crippen LogP contribution in [-0.4, -0.2) is 30.1 Å². The zero-order valence-corrected chi connectivity index (χ0v) is 16.0. The first kappa shape index (κ1) is 18.3. The minimum atomic E-state index is -0.876. The Balaban J connectivity index is 1.39. The number of carbonyl (C=O) groups is 2. The summed E-state index contributed by atoms with van der Waals surface area (Å²) in [5.74, 6) is -2.65. The summed E-state index contributed by atoms with van der Waals surface area (Å²) in [6.45, 7) is 0.381. The van der Waals surface area contributed by atoms with Crippen molar-refractivity contribution in [1.82, 2.24) is 0 Å². The number of hydrogen-bond donors (Lipinski definition) is 0. The molecule has 2 aromatic rings. The first-order valence-electron chi connectivity index (χ1n) is 9.33. The minimum Gasteiger partial charge on any atom is -0.460 e. The second kappa shape index (κ2) is 6.68. The minimum absolute atomic E-state index is 0.0653. The molecule has 3 heterocycles. The summed E-state index contributed by atoms with van der Waals surface area (Å²) in [5, 5.41) is -0.0653. The quantitative estimate of drug-likeness (QED) is 0.568. The van der Waals surface area contributed by atoms with E-state index >= 15 is 0 Å². The SMILES string of the molecule is O=C(OCc1ccccc1)[C@@H]1[C@H]2C(=O)N(c3ccc(F)c(Cl)c3)C[C@]23C=C[C@H]1O3. The number of halogens is 2. The second-order valence-electron chi connectivity index (χ2n) is 7.52. The van der Waals surface area contributed by atoms with Crippen molar-refractivity contribution < 1.29 is 23.5 Å². The Morgan fingerprint density at radius 2 is 2.07 bits per heavy atom. The summed E-state index contributed by atoms with van der Waals surface area (Å²) in [7, 11) is 0. The van der Waals surface area contributed by atoms with Crippen molar-refractivity contribution in [3.8, 4) is 0 Å². The fourth-order valence-corrected chi connectivity index (χ4v) is 4.64. The number of carbonyl (C=O) groups excluding carboxylic acids is 2. The summed E-state index contributed by atoms with van der Waals surface area (Å²) in [4.78, 5) is 27.6. The van der Waals surface area contributed by atoms with Crippen LogP contribution in [0.1, 0.15) is 5.56 Å². The van der Waals surface area contributed by atoms with Gasteiger partial charge in [0.1, 0.15) is 23.9 Å². The Labute approximate surface area is 171 Å². The van der Waals surface area contributed by atoms with Crippen molar-refractivity contribution in [3.63, 3.8) is 0 Å². The molecule has 0 unspecified atom stereocenters. The molecule has 3 aliphatic rings. The van der Waals surface area contributed by atoms with E-state index in [4.69, 9.17) is 21.1 Å². The van der Waals surface area contributed by atoms with Crippen molar-refractivity contribution >= 4 is 29.2 Å². The zero-order chi connectivity index (χ0) is 20.2. The molecule has 4 atom stereocenters. The van der Waals surface area contributed by atoms with Crippen LogP contribution in [0.3, 0.4) is 0 Å². The highest BCUT2D eigenvalue weighted by Crippen LogP contribution is 2.53. The van der Waals surface area contributed by atoms with Crippen LogP contribution >= 0.6 is 11.6 Å². The molecule has 5 nitrogen and oxygen atoms in total. The second-order valence-corrected chi connectivity index (χ2v) is 7.92. The van der Waals surface area contributed by atoms with Crippen molar-refractivity contribution in [3.05, 3.63) is 77.1 Å². The van der Waals surface area contributed by atoms with E-state index in [2.05, 4.69) is 0 Å². The zero-order valence-electron chi connectivity index (χ0n) is 15.3. The molecule has 148 valence electrons. The first-order valence-corrected chi connectivity index (χ1v) is 9.70. The molecule has 0 N–H and O–H groups in total. The van der Waals surface area contributed by atoms with Crippen molar-refractivity contribution in [2.45, 2.75) is 18.3 Å². The summed E-state index contributed by atoms with van der Waals surface area (Å²) >= 11 is 5.88. The lowest BCUT2D eigenvalue weighted by Gasteiger charge is -2.22. The van der Waals surface area contributed by atoms with E-state index < -0.39 is 35.3 Å². The third kappa shape index (κ3) is 2.86. The van der Waals surface area contributed by atoms with Gasteiger partial charge in [-0.1, -0.05) is 54.1 Å². The third-order valence-electron chi connectivity index (χ3n) is 5.81. The van der Waals surface area contributed by atoms with Crippen molar-refractivity contribution in [1.29, 1.82) is 0 Å². The van der Waals surface area contributed by atoms with Gasteiger partial charge in [-0.15, -0.1) is 0 Å². The smallest absolute Gasteiger partial charge is 0.313 e. The molecule has 5 rings (SSSR count). The Morgan fingerprint density at radius 3 is 2.83 bits per heavy atom. The number of hydrogen-bond acceptors (Lipinski definition) is 4. The van der Waals surface area contributed by atoms with Gasteiger partial charge in [0.15, 0.2) is 0 Å². The lowest BCUT2D eigenvalue weighted by molar-refractivity contribution is -0.153. The Bertz CT molecular complexity index is 1030. The topological polar surface area (TPSA) is 55.8 Å². The van der Waals surface area contributed by atoms with Gasteiger partial charge >= 0.3 is 5.97 Å². The van der Waals surface area contributed by atoms with Gasteiger partial charge in [0.2, 0.25) is 5.91 Å². The van der Waals surface area contributed by atoms with Crippen LogP contribution in [0.2, 0.25) is 5.02 Å². The number of benzene rings is 2. The van der Waals surface area contributed by atoms with Crippen molar-refractivity contribution in [2.75, 3.05) is 11.4 Å². The highest BCUT2D eigenvalue weighted by molar-refractivity contribution is 6.31. The normalized spacial score (nSPS) is 29.4. The van der Waals surface area contributed by atoms with E-state index in [1.807, 2.05) is 42.5 Å². The summed E-state index contributed by atoms with van der Waals surface area (Å²) in [6, 6.07) is 13.5. The maximum absolute atomic E-state index is 13.5. The average molecular weight is 414 g/mol. The fourth-order valence-electron chi connectivity index (χ4n) is 4.46. The molecule has 1 spiro atoms. The number of rotatable bonds is 4. The number of anilines is 1. The summed E-state index contributed by atoms with van der Waals surface area (Å²) in [5.41, 5.74) is 0.469. The molecule has 2 fully saturated rings. The third-order valence-corrected chi connectivity index (χ3v) is 6.10. The predicted octanol–water partition coefficient (Wildman–Crippen LogP) is 3.51. The van der Waals surface area contributed by atoms with E-state index in [0.717, 1.165) is 5.56 Å². The van der Waals surface area contributed by atoms with E-state index in [1.165, 1.54) is 23.1 Å². The molecule has 0 aromatic heterocycles. The van der Waals surface area contributed by atoms with Crippen LogP contribution in [0.4, 0.5) is 10.1 Å². The molecule has 7 heteroatoms. The van der Waals surface area contributed by atoms with E-state index in [-0.39, 0.29) is 24.1 Å². The summed E-state index contributed by atoms with van der Waals surface area (Å²) in [6.07, 6.45) is 3.19. The lowest BCUT2D eigenvalue weighted by Crippen LogP contribution is -2.40. The van der Waals surface area contributed by atoms with E-state index in [1.54, 1.807) is 0 Å². The highest BCUT2D eigenvalue weighted by atomic mass is 35.5. The van der Waals surface area contributed by atoms with Gasteiger partial charge in [-0.3, -0.25) is 9.59 Å². The molecule has 1 amide bonds. The maximum Gasteiger partial charge on any atom is 0.313 e. The average Bonchev–Trinajstić information content (AvgIpc) is 3.37. The standard InChI is InChI=1S/C22H17ClFNO4/c23-15-10-14(6-7-16(15)24)25-12-22-9-8-17(29-22)18(19(22)20(25)26)21(27)28-11-13-4-2-1-3-5-13/h1-10,17-19H,11-12H2/t17-,18+,19+,22-/m1/s1. The molecule has 2 saturated heterocycles. The molecule has 2 bridgehead atoms. The van der Waals surface area contributed by atoms with Gasteiger partial charge < -0.3 is 14.4 Å². The maximum atomic E-state index is 13.5. The van der Waals surface area contributed by atoms with E-state index in [0.29, 0.717) is 5.69 Å². The summed E-state index contributed by atoms with van der Waals surface area (Å²) < 4.78 is 25.1. The molecule has 3 aliphatic heterocycles. The van der Waals surface area contributed by atoms with Crippen LogP contribution in [-0.2, 0) is 25.7 Å². The Morgan fingerprint density at radius 1 is 1.28 bits per heavy atom. The number of nitrogens with zero attached hydrogens (tertiary/aromatic N) is 1. The van der Waals surface area contributed by atoms with Gasteiger partial charge in [-0.25, -0.2) is 4.39 Å². The largest absolute Gasteiger partial charge is 0.460 e.